The van der Waals surface area contributed by atoms with Crippen LogP contribution < -0.4 is 0 Å². The van der Waals surface area contributed by atoms with Crippen molar-refractivity contribution in [2.75, 3.05) is 6.61 Å². The first kappa shape index (κ1) is 23.7. The second-order valence-electron chi connectivity index (χ2n) is 8.24. The third-order valence-corrected chi connectivity index (χ3v) is 5.35. The molecule has 1 saturated carbocycles. The summed E-state index contributed by atoms with van der Waals surface area (Å²) in [6.07, 6.45) is 20.2. The highest BCUT2D eigenvalue weighted by molar-refractivity contribution is 5.66. The highest BCUT2D eigenvalue weighted by Gasteiger charge is 2.22. The summed E-state index contributed by atoms with van der Waals surface area (Å²) in [6.45, 7) is 8.24. The Kier molecular flexibility index (Phi) is 12.1. The van der Waals surface area contributed by atoms with Crippen LogP contribution in [-0.2, 0) is 9.53 Å². The predicted octanol–water partition coefficient (Wildman–Crippen LogP) is 5.80. The van der Waals surface area contributed by atoms with Crippen molar-refractivity contribution in [1.82, 2.24) is 0 Å². The molecule has 0 heterocycles. The Hall–Kier alpha value is -1.35. The molecule has 1 aliphatic rings. The van der Waals surface area contributed by atoms with Gasteiger partial charge < -0.3 is 9.84 Å². The Labute approximate surface area is 166 Å². The Morgan fingerprint density at radius 3 is 2.59 bits per heavy atom. The lowest BCUT2D eigenvalue weighted by Crippen LogP contribution is -2.21. The molecule has 0 aliphatic heterocycles. The predicted molar refractivity (Wildman–Crippen MR) is 112 cm³/mol. The molecule has 1 N–H and O–H groups in total. The maximum absolute atomic E-state index is 11.4. The van der Waals surface area contributed by atoms with E-state index >= 15 is 0 Å². The van der Waals surface area contributed by atoms with Gasteiger partial charge in [0, 0.05) is 13.5 Å². The summed E-state index contributed by atoms with van der Waals surface area (Å²) >= 11 is 0. The molecule has 3 nitrogen and oxygen atoms in total. The fourth-order valence-corrected chi connectivity index (χ4v) is 3.66. The number of hydrogen-bond acceptors (Lipinski definition) is 3. The van der Waals surface area contributed by atoms with E-state index in [-0.39, 0.29) is 18.7 Å². The Balaban J connectivity index is 2.48. The molecule has 1 fully saturated rings. The van der Waals surface area contributed by atoms with E-state index in [0.717, 1.165) is 32.1 Å². The van der Waals surface area contributed by atoms with Gasteiger partial charge in [-0.3, -0.25) is 4.79 Å². The van der Waals surface area contributed by atoms with E-state index < -0.39 is 0 Å². The summed E-state index contributed by atoms with van der Waals surface area (Å²) in [7, 11) is 0. The first-order chi connectivity index (χ1) is 12.9. The van der Waals surface area contributed by atoms with Gasteiger partial charge >= 0.3 is 5.97 Å². The van der Waals surface area contributed by atoms with Crippen molar-refractivity contribution in [3.63, 3.8) is 0 Å². The minimum absolute atomic E-state index is 0.175. The van der Waals surface area contributed by atoms with E-state index in [9.17, 15) is 9.90 Å². The van der Waals surface area contributed by atoms with Crippen LogP contribution >= 0.6 is 0 Å². The summed E-state index contributed by atoms with van der Waals surface area (Å²) in [4.78, 5) is 11.4. The zero-order valence-electron chi connectivity index (χ0n) is 17.7. The summed E-state index contributed by atoms with van der Waals surface area (Å²) in [5.41, 5.74) is 1.37. The molecule has 4 atom stereocenters. The van der Waals surface area contributed by atoms with Crippen molar-refractivity contribution < 1.29 is 14.6 Å². The Bertz CT molecular complexity index is 500. The number of carbonyl (C=O) groups excluding carboxylic acids is 1. The standard InChI is InChI=1S/C24H39O3/c1-19(2)10-9-11-20(3)16-17-24(27-21(4)26)15-8-7-13-22-12-5-6-14-23(22)18-25/h7-8,10,15,20,22-25H,5-6,9,11-12,14,16-18H2,1-4H3/b13-7?,15-8+/t20-,22-,23+,24-/m0/s1. The molecule has 0 aromatic heterocycles. The molecule has 0 unspecified atom stereocenters. The van der Waals surface area contributed by atoms with Crippen LogP contribution in [0.15, 0.2) is 29.9 Å². The lowest BCUT2D eigenvalue weighted by molar-refractivity contribution is -0.144. The molecule has 1 radical (unpaired) electrons. The van der Waals surface area contributed by atoms with Crippen LogP contribution in [0.5, 0.6) is 0 Å². The molecule has 0 aromatic carbocycles. The first-order valence-electron chi connectivity index (χ1n) is 10.6. The van der Waals surface area contributed by atoms with Crippen LogP contribution in [0.4, 0.5) is 0 Å². The molecule has 0 bridgehead atoms. The second kappa shape index (κ2) is 13.8. The largest absolute Gasteiger partial charge is 0.458 e. The minimum Gasteiger partial charge on any atom is -0.458 e. The van der Waals surface area contributed by atoms with Gasteiger partial charge in [-0.05, 0) is 82.3 Å². The summed E-state index contributed by atoms with van der Waals surface area (Å²) in [6, 6.07) is 0. The number of esters is 1. The molecule has 153 valence electrons. The number of hydrogen-bond donors (Lipinski definition) is 1. The summed E-state index contributed by atoms with van der Waals surface area (Å²) in [5.74, 6) is 1.06. The van der Waals surface area contributed by atoms with Crippen LogP contribution in [0.25, 0.3) is 0 Å². The van der Waals surface area contributed by atoms with Gasteiger partial charge in [0.25, 0.3) is 0 Å². The van der Waals surface area contributed by atoms with Crippen LogP contribution in [0.2, 0.25) is 0 Å². The van der Waals surface area contributed by atoms with Gasteiger partial charge in [0.05, 0.1) is 0 Å². The molecular weight excluding hydrogens is 336 g/mol. The summed E-state index contributed by atoms with van der Waals surface area (Å²) < 4.78 is 5.45. The van der Waals surface area contributed by atoms with Gasteiger partial charge in [0.1, 0.15) is 6.10 Å². The van der Waals surface area contributed by atoms with E-state index in [1.807, 2.05) is 18.2 Å². The molecule has 0 spiro atoms. The second-order valence-corrected chi connectivity index (χ2v) is 8.24. The number of rotatable bonds is 11. The number of ether oxygens (including phenoxy) is 1. The van der Waals surface area contributed by atoms with Crippen LogP contribution in [0.1, 0.15) is 79.1 Å². The average Bonchev–Trinajstić information content (AvgIpc) is 2.62. The van der Waals surface area contributed by atoms with Gasteiger partial charge in [-0.25, -0.2) is 0 Å². The molecule has 27 heavy (non-hydrogen) atoms. The fourth-order valence-electron chi connectivity index (χ4n) is 3.66. The average molecular weight is 376 g/mol. The molecule has 1 aliphatic carbocycles. The van der Waals surface area contributed by atoms with E-state index in [1.54, 1.807) is 0 Å². The quantitative estimate of drug-likeness (QED) is 0.282. The van der Waals surface area contributed by atoms with E-state index in [0.29, 0.717) is 17.8 Å². The monoisotopic (exact) mass is 375 g/mol. The molecule has 0 aromatic rings. The van der Waals surface area contributed by atoms with Crippen molar-refractivity contribution in [3.8, 4) is 0 Å². The topological polar surface area (TPSA) is 46.5 Å². The van der Waals surface area contributed by atoms with Crippen LogP contribution in [0.3, 0.4) is 0 Å². The van der Waals surface area contributed by atoms with Gasteiger partial charge in [-0.2, -0.15) is 0 Å². The highest BCUT2D eigenvalue weighted by Crippen LogP contribution is 2.30. The van der Waals surface area contributed by atoms with Crippen molar-refractivity contribution in [2.45, 2.75) is 85.2 Å². The number of allylic oxidation sites excluding steroid dienone is 5. The van der Waals surface area contributed by atoms with Gasteiger partial charge in [0.15, 0.2) is 0 Å². The van der Waals surface area contributed by atoms with Gasteiger partial charge in [-0.1, -0.05) is 43.6 Å². The van der Waals surface area contributed by atoms with Gasteiger partial charge in [0.2, 0.25) is 0 Å². The van der Waals surface area contributed by atoms with Crippen molar-refractivity contribution in [2.24, 2.45) is 17.8 Å². The number of aliphatic hydroxyl groups is 1. The minimum atomic E-state index is -0.234. The maximum Gasteiger partial charge on any atom is 0.303 e. The van der Waals surface area contributed by atoms with Crippen molar-refractivity contribution >= 4 is 5.97 Å². The zero-order valence-corrected chi connectivity index (χ0v) is 17.7. The van der Waals surface area contributed by atoms with Crippen molar-refractivity contribution in [3.05, 3.63) is 36.0 Å². The lowest BCUT2D eigenvalue weighted by atomic mass is 9.79. The molecule has 1 rings (SSSR count). The molecular formula is C24H39O3. The fraction of sp³-hybridized carbons (Fsp3) is 0.708. The Morgan fingerprint density at radius 2 is 1.93 bits per heavy atom. The number of carbonyl (C=O) groups is 1. The highest BCUT2D eigenvalue weighted by atomic mass is 16.5. The third-order valence-electron chi connectivity index (χ3n) is 5.35. The zero-order chi connectivity index (χ0) is 20.1. The smallest absolute Gasteiger partial charge is 0.303 e. The first-order valence-corrected chi connectivity index (χ1v) is 10.6. The molecule has 0 amide bonds. The van der Waals surface area contributed by atoms with E-state index in [2.05, 4.69) is 32.9 Å². The van der Waals surface area contributed by atoms with Gasteiger partial charge in [-0.15, -0.1) is 0 Å². The normalized spacial score (nSPS) is 22.7. The SMILES string of the molecule is CC(=O)O[C@@H](/C=C/C=[C][C@@H]1CCCC[C@@H]1CO)CC[C@@H](C)CCC=C(C)C. The molecule has 3 heteroatoms. The van der Waals surface area contributed by atoms with Crippen molar-refractivity contribution in [1.29, 1.82) is 0 Å². The number of aliphatic hydroxyl groups excluding tert-OH is 1. The summed E-state index contributed by atoms with van der Waals surface area (Å²) in [5, 5.41) is 9.49. The third kappa shape index (κ3) is 11.2. The molecule has 0 saturated heterocycles. The Morgan fingerprint density at radius 1 is 1.19 bits per heavy atom. The lowest BCUT2D eigenvalue weighted by Gasteiger charge is -2.27. The van der Waals surface area contributed by atoms with Crippen LogP contribution in [0, 0.1) is 23.8 Å². The van der Waals surface area contributed by atoms with Crippen LogP contribution in [-0.4, -0.2) is 23.8 Å². The maximum atomic E-state index is 11.4. The van der Waals surface area contributed by atoms with E-state index in [4.69, 9.17) is 4.74 Å². The van der Waals surface area contributed by atoms with E-state index in [1.165, 1.54) is 31.8 Å².